The van der Waals surface area contributed by atoms with Gasteiger partial charge in [0.15, 0.2) is 0 Å². The van der Waals surface area contributed by atoms with Crippen LogP contribution in [0.25, 0.3) is 10.8 Å². The second-order valence-corrected chi connectivity index (χ2v) is 9.17. The van der Waals surface area contributed by atoms with E-state index in [1.54, 1.807) is 0 Å². The zero-order valence-electron chi connectivity index (χ0n) is 18.6. The van der Waals surface area contributed by atoms with E-state index < -0.39 is 0 Å². The van der Waals surface area contributed by atoms with Crippen LogP contribution in [0.4, 0.5) is 0 Å². The van der Waals surface area contributed by atoms with Crippen molar-refractivity contribution in [3.63, 3.8) is 0 Å². The standard InChI is InChI=1S/C27H38O2/c1-4-6-7-8-27(28)29-26-16-15-24-18-23(13-14-25(24)19-26)22-11-9-21(10-12-22)17-20(3)5-2/h13-16,18-22H,4-12,17H2,1-3H3/t20?,21-,22-. The lowest BCUT2D eigenvalue weighted by Crippen LogP contribution is -2.15. The van der Waals surface area contributed by atoms with Crippen LogP contribution < -0.4 is 4.74 Å². The monoisotopic (exact) mass is 394 g/mol. The molecule has 0 spiro atoms. The SMILES string of the molecule is CCCCCC(=O)Oc1ccc2cc([C@H]3CC[C@H](CC(C)CC)CC3)ccc2c1. The molecule has 3 rings (SSSR count). The molecule has 0 aromatic heterocycles. The van der Waals surface area contributed by atoms with Gasteiger partial charge in [-0.25, -0.2) is 0 Å². The van der Waals surface area contributed by atoms with Crippen LogP contribution in [0.5, 0.6) is 5.75 Å². The minimum atomic E-state index is -0.122. The van der Waals surface area contributed by atoms with E-state index in [2.05, 4.69) is 45.0 Å². The Morgan fingerprint density at radius 1 is 1.00 bits per heavy atom. The lowest BCUT2D eigenvalue weighted by Gasteiger charge is -2.30. The Morgan fingerprint density at radius 2 is 1.72 bits per heavy atom. The van der Waals surface area contributed by atoms with Gasteiger partial charge < -0.3 is 4.74 Å². The van der Waals surface area contributed by atoms with Crippen molar-refractivity contribution in [2.45, 2.75) is 90.9 Å². The molecule has 0 bridgehead atoms. The van der Waals surface area contributed by atoms with E-state index in [0.29, 0.717) is 18.1 Å². The van der Waals surface area contributed by atoms with Crippen LogP contribution in [0.15, 0.2) is 36.4 Å². The summed E-state index contributed by atoms with van der Waals surface area (Å²) in [6.45, 7) is 6.85. The van der Waals surface area contributed by atoms with Crippen molar-refractivity contribution < 1.29 is 9.53 Å². The molecule has 0 radical (unpaired) electrons. The fraction of sp³-hybridized carbons (Fsp3) is 0.593. The molecule has 1 fully saturated rings. The van der Waals surface area contributed by atoms with E-state index in [0.717, 1.165) is 36.5 Å². The zero-order valence-corrected chi connectivity index (χ0v) is 18.6. The highest BCUT2D eigenvalue weighted by atomic mass is 16.5. The number of ether oxygens (including phenoxy) is 1. The van der Waals surface area contributed by atoms with Gasteiger partial charge in [-0.15, -0.1) is 0 Å². The van der Waals surface area contributed by atoms with Crippen molar-refractivity contribution in [1.82, 2.24) is 0 Å². The van der Waals surface area contributed by atoms with Crippen LogP contribution in [0, 0.1) is 11.8 Å². The van der Waals surface area contributed by atoms with Crippen LogP contribution in [0.2, 0.25) is 0 Å². The average molecular weight is 395 g/mol. The van der Waals surface area contributed by atoms with Gasteiger partial charge in [-0.3, -0.25) is 4.79 Å². The Labute approximate surface area is 177 Å². The lowest BCUT2D eigenvalue weighted by molar-refractivity contribution is -0.134. The molecule has 1 atom stereocenters. The maximum absolute atomic E-state index is 12.0. The smallest absolute Gasteiger partial charge is 0.311 e. The Kier molecular flexibility index (Phi) is 8.15. The molecule has 158 valence electrons. The molecule has 2 aromatic rings. The maximum atomic E-state index is 12.0. The highest BCUT2D eigenvalue weighted by Gasteiger charge is 2.23. The molecule has 0 saturated heterocycles. The summed E-state index contributed by atoms with van der Waals surface area (Å²) in [4.78, 5) is 12.0. The number of carbonyl (C=O) groups excluding carboxylic acids is 1. The number of fused-ring (bicyclic) bond motifs is 1. The number of hydrogen-bond acceptors (Lipinski definition) is 2. The first kappa shape index (κ1) is 21.9. The summed E-state index contributed by atoms with van der Waals surface area (Å²) in [6, 6.07) is 12.9. The molecule has 0 aliphatic heterocycles. The Balaban J connectivity index is 1.59. The van der Waals surface area contributed by atoms with Crippen LogP contribution in [-0.2, 0) is 4.79 Å². The lowest BCUT2D eigenvalue weighted by atomic mass is 9.75. The fourth-order valence-corrected chi connectivity index (χ4v) is 4.73. The predicted molar refractivity (Wildman–Crippen MR) is 122 cm³/mol. The van der Waals surface area contributed by atoms with Gasteiger partial charge in [-0.2, -0.15) is 0 Å². The van der Waals surface area contributed by atoms with Crippen molar-refractivity contribution in [2.24, 2.45) is 11.8 Å². The molecule has 1 unspecified atom stereocenters. The van der Waals surface area contributed by atoms with Crippen LogP contribution in [0.1, 0.15) is 96.5 Å². The fourth-order valence-electron chi connectivity index (χ4n) is 4.73. The third-order valence-corrected chi connectivity index (χ3v) is 6.80. The van der Waals surface area contributed by atoms with E-state index in [9.17, 15) is 4.79 Å². The highest BCUT2D eigenvalue weighted by Crippen LogP contribution is 2.39. The third-order valence-electron chi connectivity index (χ3n) is 6.80. The molecule has 1 saturated carbocycles. The van der Waals surface area contributed by atoms with Crippen molar-refractivity contribution in [1.29, 1.82) is 0 Å². The van der Waals surface area contributed by atoms with Gasteiger partial charge in [0.1, 0.15) is 5.75 Å². The summed E-state index contributed by atoms with van der Waals surface area (Å²) in [7, 11) is 0. The Bertz CT molecular complexity index is 786. The van der Waals surface area contributed by atoms with E-state index in [1.165, 1.54) is 49.5 Å². The van der Waals surface area contributed by atoms with Crippen molar-refractivity contribution >= 4 is 16.7 Å². The normalized spacial score (nSPS) is 20.5. The minimum Gasteiger partial charge on any atom is -0.427 e. The summed E-state index contributed by atoms with van der Waals surface area (Å²) < 4.78 is 5.53. The number of benzene rings is 2. The summed E-state index contributed by atoms with van der Waals surface area (Å²) in [6.07, 6.45) is 11.7. The van der Waals surface area contributed by atoms with E-state index in [-0.39, 0.29) is 5.97 Å². The first-order chi connectivity index (χ1) is 14.1. The number of carbonyl (C=O) groups is 1. The van der Waals surface area contributed by atoms with Gasteiger partial charge in [-0.05, 0) is 84.7 Å². The van der Waals surface area contributed by atoms with Gasteiger partial charge in [0.2, 0.25) is 0 Å². The Hall–Kier alpha value is -1.83. The average Bonchev–Trinajstić information content (AvgIpc) is 2.74. The van der Waals surface area contributed by atoms with Crippen molar-refractivity contribution in [3.05, 3.63) is 42.0 Å². The van der Waals surface area contributed by atoms with Crippen LogP contribution in [-0.4, -0.2) is 5.97 Å². The summed E-state index contributed by atoms with van der Waals surface area (Å²) in [5.74, 6) is 3.04. The zero-order chi connectivity index (χ0) is 20.6. The van der Waals surface area contributed by atoms with Gasteiger partial charge >= 0.3 is 5.97 Å². The Morgan fingerprint density at radius 3 is 2.45 bits per heavy atom. The van der Waals surface area contributed by atoms with E-state index in [4.69, 9.17) is 4.74 Å². The van der Waals surface area contributed by atoms with E-state index >= 15 is 0 Å². The van der Waals surface area contributed by atoms with E-state index in [1.807, 2.05) is 12.1 Å². The minimum absolute atomic E-state index is 0.122. The van der Waals surface area contributed by atoms with Crippen LogP contribution >= 0.6 is 0 Å². The van der Waals surface area contributed by atoms with Crippen molar-refractivity contribution in [3.8, 4) is 5.75 Å². The molecule has 0 amide bonds. The molecular formula is C27H38O2. The summed E-state index contributed by atoms with van der Waals surface area (Å²) >= 11 is 0. The number of unbranched alkanes of at least 4 members (excludes halogenated alkanes) is 2. The second-order valence-electron chi connectivity index (χ2n) is 9.17. The molecule has 0 heterocycles. The molecule has 0 N–H and O–H groups in total. The second kappa shape index (κ2) is 10.8. The van der Waals surface area contributed by atoms with Gasteiger partial charge in [0.25, 0.3) is 0 Å². The van der Waals surface area contributed by atoms with Gasteiger partial charge in [-0.1, -0.05) is 64.3 Å². The van der Waals surface area contributed by atoms with Crippen molar-refractivity contribution in [2.75, 3.05) is 0 Å². The molecule has 29 heavy (non-hydrogen) atoms. The number of hydrogen-bond donors (Lipinski definition) is 0. The molecule has 1 aliphatic rings. The van der Waals surface area contributed by atoms with Gasteiger partial charge in [0.05, 0.1) is 0 Å². The van der Waals surface area contributed by atoms with Crippen LogP contribution in [0.3, 0.4) is 0 Å². The largest absolute Gasteiger partial charge is 0.427 e. The topological polar surface area (TPSA) is 26.3 Å². The molecular weight excluding hydrogens is 356 g/mol. The summed E-state index contributed by atoms with van der Waals surface area (Å²) in [5, 5.41) is 2.40. The summed E-state index contributed by atoms with van der Waals surface area (Å²) in [5.41, 5.74) is 1.48. The third kappa shape index (κ3) is 6.32. The first-order valence-electron chi connectivity index (χ1n) is 11.8. The maximum Gasteiger partial charge on any atom is 0.311 e. The predicted octanol–water partition coefficient (Wildman–Crippen LogP) is 8.04. The molecule has 1 aliphatic carbocycles. The molecule has 2 heteroatoms. The highest BCUT2D eigenvalue weighted by molar-refractivity contribution is 5.85. The number of esters is 1. The molecule has 2 nitrogen and oxygen atoms in total. The quantitative estimate of drug-likeness (QED) is 0.244. The van der Waals surface area contributed by atoms with Gasteiger partial charge in [0, 0.05) is 6.42 Å². The number of rotatable bonds is 9. The first-order valence-corrected chi connectivity index (χ1v) is 11.8. The molecule has 2 aromatic carbocycles.